The van der Waals surface area contributed by atoms with Gasteiger partial charge in [-0.15, -0.1) is 0 Å². The molecule has 67 valence electrons. The zero-order valence-electron chi connectivity index (χ0n) is 8.10. The standard InChI is InChI=1S/C9H15O2Si/c1-7-5-6-9(8(7)2)12(10-3)11-4/h5H,6H2,1-4H3. The van der Waals surface area contributed by atoms with Crippen molar-refractivity contribution in [2.24, 2.45) is 0 Å². The molecule has 0 aromatic rings. The lowest BCUT2D eigenvalue weighted by Gasteiger charge is -2.11. The lowest BCUT2D eigenvalue weighted by molar-refractivity contribution is 0.286. The van der Waals surface area contributed by atoms with Crippen LogP contribution in [0.4, 0.5) is 0 Å². The van der Waals surface area contributed by atoms with Crippen LogP contribution in [0.1, 0.15) is 20.3 Å². The van der Waals surface area contributed by atoms with E-state index in [2.05, 4.69) is 19.9 Å². The molecule has 0 N–H and O–H groups in total. The van der Waals surface area contributed by atoms with Crippen molar-refractivity contribution in [2.45, 2.75) is 20.3 Å². The van der Waals surface area contributed by atoms with Crippen LogP contribution < -0.4 is 0 Å². The fraction of sp³-hybridized carbons (Fsp3) is 0.556. The third-order valence-electron chi connectivity index (χ3n) is 2.27. The first-order valence-corrected chi connectivity index (χ1v) is 5.34. The highest BCUT2D eigenvalue weighted by molar-refractivity contribution is 6.54. The second kappa shape index (κ2) is 4.03. The van der Waals surface area contributed by atoms with Gasteiger partial charge >= 0.3 is 9.28 Å². The van der Waals surface area contributed by atoms with Crippen LogP contribution in [0, 0.1) is 0 Å². The molecule has 1 aliphatic carbocycles. The van der Waals surface area contributed by atoms with E-state index in [9.17, 15) is 0 Å². The molecule has 0 bridgehead atoms. The Hall–Kier alpha value is -0.383. The zero-order chi connectivity index (χ0) is 9.14. The van der Waals surface area contributed by atoms with E-state index in [1.54, 1.807) is 14.2 Å². The lowest BCUT2D eigenvalue weighted by Crippen LogP contribution is -2.22. The largest absolute Gasteiger partial charge is 0.419 e. The van der Waals surface area contributed by atoms with E-state index in [1.807, 2.05) is 0 Å². The van der Waals surface area contributed by atoms with Gasteiger partial charge in [0.25, 0.3) is 0 Å². The summed E-state index contributed by atoms with van der Waals surface area (Å²) in [5, 5.41) is 1.35. The summed E-state index contributed by atoms with van der Waals surface area (Å²) in [4.78, 5) is 0. The van der Waals surface area contributed by atoms with Gasteiger partial charge in [0.05, 0.1) is 0 Å². The Labute approximate surface area is 75.7 Å². The molecule has 0 saturated carbocycles. The molecule has 1 radical (unpaired) electrons. The van der Waals surface area contributed by atoms with Crippen molar-refractivity contribution in [1.82, 2.24) is 0 Å². The molecule has 0 amide bonds. The fourth-order valence-corrected chi connectivity index (χ4v) is 2.80. The summed E-state index contributed by atoms with van der Waals surface area (Å²) in [7, 11) is 2.27. The zero-order valence-corrected chi connectivity index (χ0v) is 9.10. The average molecular weight is 183 g/mol. The van der Waals surface area contributed by atoms with Gasteiger partial charge in [0, 0.05) is 14.2 Å². The number of allylic oxidation sites excluding steroid dienone is 4. The van der Waals surface area contributed by atoms with Gasteiger partial charge in [-0.2, -0.15) is 0 Å². The second-order valence-electron chi connectivity index (χ2n) is 2.89. The predicted octanol–water partition coefficient (Wildman–Crippen LogP) is 1.97. The summed E-state index contributed by atoms with van der Waals surface area (Å²) in [5.74, 6) is 0. The van der Waals surface area contributed by atoms with E-state index in [4.69, 9.17) is 8.85 Å². The Morgan fingerprint density at radius 3 is 2.17 bits per heavy atom. The van der Waals surface area contributed by atoms with Crippen LogP contribution >= 0.6 is 0 Å². The first kappa shape index (κ1) is 9.70. The molecular weight excluding hydrogens is 168 g/mol. The molecule has 0 fully saturated rings. The molecule has 0 atom stereocenters. The van der Waals surface area contributed by atoms with Crippen LogP contribution in [0.25, 0.3) is 0 Å². The van der Waals surface area contributed by atoms with Gasteiger partial charge in [0.2, 0.25) is 0 Å². The Morgan fingerprint density at radius 2 is 1.83 bits per heavy atom. The Kier molecular flexibility index (Phi) is 3.26. The minimum atomic E-state index is -1.15. The third-order valence-corrected chi connectivity index (χ3v) is 4.09. The predicted molar refractivity (Wildman–Crippen MR) is 50.8 cm³/mol. The van der Waals surface area contributed by atoms with Crippen LogP contribution in [-0.4, -0.2) is 23.5 Å². The topological polar surface area (TPSA) is 18.5 Å². The normalized spacial score (nSPS) is 17.6. The SMILES string of the molecule is CO[Si](OC)C1=C(C)C(C)=CC1. The molecule has 0 saturated heterocycles. The lowest BCUT2D eigenvalue weighted by atomic mass is 10.2. The highest BCUT2D eigenvalue weighted by Gasteiger charge is 2.24. The van der Waals surface area contributed by atoms with Crippen LogP contribution in [0.15, 0.2) is 22.4 Å². The van der Waals surface area contributed by atoms with Gasteiger partial charge in [0.1, 0.15) is 0 Å². The highest BCUT2D eigenvalue weighted by Crippen LogP contribution is 2.27. The second-order valence-corrected chi connectivity index (χ2v) is 4.89. The van der Waals surface area contributed by atoms with Gasteiger partial charge in [0.15, 0.2) is 0 Å². The van der Waals surface area contributed by atoms with Gasteiger partial charge in [-0.25, -0.2) is 0 Å². The summed E-state index contributed by atoms with van der Waals surface area (Å²) in [5.41, 5.74) is 2.72. The van der Waals surface area contributed by atoms with Crippen molar-refractivity contribution >= 4 is 9.28 Å². The van der Waals surface area contributed by atoms with Crippen molar-refractivity contribution in [2.75, 3.05) is 14.2 Å². The molecule has 0 aromatic heterocycles. The Morgan fingerprint density at radius 1 is 1.25 bits per heavy atom. The monoisotopic (exact) mass is 183 g/mol. The van der Waals surface area contributed by atoms with E-state index in [0.29, 0.717) is 0 Å². The Balaban J connectivity index is 2.77. The Bertz CT molecular complexity index is 227. The van der Waals surface area contributed by atoms with E-state index in [-0.39, 0.29) is 0 Å². The number of hydrogen-bond acceptors (Lipinski definition) is 2. The van der Waals surface area contributed by atoms with Crippen molar-refractivity contribution in [3.63, 3.8) is 0 Å². The molecule has 1 aliphatic rings. The van der Waals surface area contributed by atoms with Crippen LogP contribution in [-0.2, 0) is 8.85 Å². The van der Waals surface area contributed by atoms with E-state index < -0.39 is 9.28 Å². The average Bonchev–Trinajstić information content (AvgIpc) is 2.38. The molecule has 0 aliphatic heterocycles. The number of rotatable bonds is 3. The van der Waals surface area contributed by atoms with Gasteiger partial charge in [-0.05, 0) is 31.0 Å². The maximum absolute atomic E-state index is 5.29. The minimum Gasteiger partial charge on any atom is -0.393 e. The van der Waals surface area contributed by atoms with Crippen molar-refractivity contribution in [3.8, 4) is 0 Å². The molecular formula is C9H15O2Si. The summed E-state index contributed by atoms with van der Waals surface area (Å²) in [6, 6.07) is 0. The molecule has 1 rings (SSSR count). The van der Waals surface area contributed by atoms with Gasteiger partial charge in [-0.3, -0.25) is 0 Å². The highest BCUT2D eigenvalue weighted by atomic mass is 28.3. The van der Waals surface area contributed by atoms with Gasteiger partial charge in [-0.1, -0.05) is 11.6 Å². The first-order chi connectivity index (χ1) is 5.70. The molecule has 0 aromatic carbocycles. The molecule has 0 unspecified atom stereocenters. The van der Waals surface area contributed by atoms with Crippen LogP contribution in [0.5, 0.6) is 0 Å². The summed E-state index contributed by atoms with van der Waals surface area (Å²) < 4.78 is 10.6. The smallest absolute Gasteiger partial charge is 0.393 e. The summed E-state index contributed by atoms with van der Waals surface area (Å²) >= 11 is 0. The van der Waals surface area contributed by atoms with Crippen molar-refractivity contribution in [1.29, 1.82) is 0 Å². The summed E-state index contributed by atoms with van der Waals surface area (Å²) in [6.45, 7) is 4.27. The fourth-order valence-electron chi connectivity index (χ4n) is 1.37. The summed E-state index contributed by atoms with van der Waals surface area (Å²) in [6.07, 6.45) is 3.24. The van der Waals surface area contributed by atoms with Crippen molar-refractivity contribution < 1.29 is 8.85 Å². The van der Waals surface area contributed by atoms with Crippen molar-refractivity contribution in [3.05, 3.63) is 22.4 Å². The van der Waals surface area contributed by atoms with Crippen LogP contribution in [0.2, 0.25) is 0 Å². The van der Waals surface area contributed by atoms with Gasteiger partial charge < -0.3 is 8.85 Å². The third kappa shape index (κ3) is 1.68. The van der Waals surface area contributed by atoms with Crippen LogP contribution in [0.3, 0.4) is 0 Å². The molecule has 2 nitrogen and oxygen atoms in total. The molecule has 3 heteroatoms. The molecule has 0 spiro atoms. The van der Waals surface area contributed by atoms with E-state index in [1.165, 1.54) is 16.3 Å². The first-order valence-electron chi connectivity index (χ1n) is 4.03. The maximum atomic E-state index is 5.29. The quantitative estimate of drug-likeness (QED) is 0.623. The maximum Gasteiger partial charge on any atom is 0.419 e. The molecule has 0 heterocycles. The minimum absolute atomic E-state index is 1.01. The molecule has 12 heavy (non-hydrogen) atoms. The number of hydrogen-bond donors (Lipinski definition) is 0. The van der Waals surface area contributed by atoms with E-state index >= 15 is 0 Å². The van der Waals surface area contributed by atoms with E-state index in [0.717, 1.165) is 6.42 Å².